The van der Waals surface area contributed by atoms with Crippen LogP contribution in [0.15, 0.2) is 0 Å². The van der Waals surface area contributed by atoms with Gasteiger partial charge in [-0.15, -0.1) is 10.2 Å². The lowest BCUT2D eigenvalue weighted by atomic mass is 10.7. The van der Waals surface area contributed by atoms with Gasteiger partial charge in [0.15, 0.2) is 0 Å². The Hall–Kier alpha value is -1.09. The molecule has 14 heavy (non-hydrogen) atoms. The lowest BCUT2D eigenvalue weighted by Crippen LogP contribution is -2.20. The van der Waals surface area contributed by atoms with Crippen molar-refractivity contribution in [1.29, 1.82) is 0 Å². The summed E-state index contributed by atoms with van der Waals surface area (Å²) in [6, 6.07) is 0. The van der Waals surface area contributed by atoms with Crippen LogP contribution < -0.4 is 11.2 Å². The highest BCUT2D eigenvalue weighted by Crippen LogP contribution is 2.15. The number of hydrogen-bond acceptors (Lipinski definition) is 7. The Bertz CT molecular complexity index is 303. The van der Waals surface area contributed by atoms with E-state index in [0.29, 0.717) is 16.7 Å². The number of nitrogens with zero attached hydrogens (tertiary/aromatic N) is 2. The van der Waals surface area contributed by atoms with Crippen LogP contribution in [-0.2, 0) is 21.0 Å². The molecule has 0 aliphatic heterocycles. The van der Waals surface area contributed by atoms with E-state index in [1.54, 1.807) is 7.11 Å². The molecule has 0 atom stereocenters. The monoisotopic (exact) mass is 218 g/mol. The lowest BCUT2D eigenvalue weighted by Gasteiger charge is -1.97. The van der Waals surface area contributed by atoms with Crippen molar-refractivity contribution in [3.8, 4) is 0 Å². The van der Waals surface area contributed by atoms with Crippen molar-refractivity contribution < 1.29 is 14.4 Å². The maximum atomic E-state index is 11.0. The van der Waals surface area contributed by atoms with Crippen LogP contribution in [0, 0.1) is 0 Å². The Labute approximate surface area is 84.2 Å². The first-order valence-electron chi connectivity index (χ1n) is 3.69. The van der Waals surface area contributed by atoms with Crippen LogP contribution in [0.5, 0.6) is 0 Å². The number of nitrogens with one attached hydrogen (secondary N) is 1. The van der Waals surface area contributed by atoms with Gasteiger partial charge in [-0.1, -0.05) is 11.3 Å². The van der Waals surface area contributed by atoms with Crippen LogP contribution in [0.2, 0.25) is 0 Å². The van der Waals surface area contributed by atoms with E-state index in [-0.39, 0.29) is 12.5 Å². The molecule has 0 radical (unpaired) electrons. The van der Waals surface area contributed by atoms with Gasteiger partial charge >= 0.3 is 0 Å². The standard InChI is InChI=1S/C6H10N4O3S/c1-12-3-5-9-10-6(14-5)8-4(11)2-13-7/h2-3,7H2,1H3,(H,8,10,11). The Kier molecular flexibility index (Phi) is 4.40. The molecule has 0 fully saturated rings. The first-order valence-corrected chi connectivity index (χ1v) is 4.50. The summed E-state index contributed by atoms with van der Waals surface area (Å²) < 4.78 is 4.84. The van der Waals surface area contributed by atoms with Crippen LogP contribution in [-0.4, -0.2) is 29.8 Å². The van der Waals surface area contributed by atoms with Gasteiger partial charge in [0.2, 0.25) is 5.13 Å². The highest BCUT2D eigenvalue weighted by Gasteiger charge is 2.07. The van der Waals surface area contributed by atoms with Crippen molar-refractivity contribution in [3.05, 3.63) is 5.01 Å². The molecule has 1 aromatic rings. The SMILES string of the molecule is COCc1nnc(NC(=O)CON)s1. The van der Waals surface area contributed by atoms with Gasteiger partial charge in [-0.3, -0.25) is 14.9 Å². The second-order valence-electron chi connectivity index (χ2n) is 2.29. The van der Waals surface area contributed by atoms with Crippen molar-refractivity contribution in [2.75, 3.05) is 19.0 Å². The summed E-state index contributed by atoms with van der Waals surface area (Å²) in [6.07, 6.45) is 0. The van der Waals surface area contributed by atoms with Crippen molar-refractivity contribution in [2.24, 2.45) is 5.90 Å². The smallest absolute Gasteiger partial charge is 0.254 e. The normalized spacial score (nSPS) is 10.1. The van der Waals surface area contributed by atoms with Gasteiger partial charge < -0.3 is 4.74 Å². The summed E-state index contributed by atoms with van der Waals surface area (Å²) in [5.41, 5.74) is 0. The highest BCUT2D eigenvalue weighted by molar-refractivity contribution is 7.15. The fourth-order valence-corrected chi connectivity index (χ4v) is 1.45. The number of methoxy groups -OCH3 is 1. The maximum Gasteiger partial charge on any atom is 0.254 e. The molecule has 78 valence electrons. The highest BCUT2D eigenvalue weighted by atomic mass is 32.1. The first-order chi connectivity index (χ1) is 6.76. The van der Waals surface area contributed by atoms with Gasteiger partial charge in [0.05, 0.1) is 0 Å². The van der Waals surface area contributed by atoms with E-state index >= 15 is 0 Å². The van der Waals surface area contributed by atoms with Gasteiger partial charge in [-0.25, -0.2) is 5.90 Å². The van der Waals surface area contributed by atoms with Gasteiger partial charge in [-0.2, -0.15) is 0 Å². The Morgan fingerprint density at radius 1 is 1.64 bits per heavy atom. The zero-order valence-electron chi connectivity index (χ0n) is 7.52. The van der Waals surface area contributed by atoms with Crippen molar-refractivity contribution in [2.45, 2.75) is 6.61 Å². The molecular weight excluding hydrogens is 208 g/mol. The van der Waals surface area contributed by atoms with E-state index in [0.717, 1.165) is 0 Å². The average Bonchev–Trinajstić information content (AvgIpc) is 2.53. The van der Waals surface area contributed by atoms with E-state index in [2.05, 4.69) is 20.4 Å². The lowest BCUT2D eigenvalue weighted by molar-refractivity contribution is -0.120. The minimum atomic E-state index is -0.368. The molecule has 0 saturated heterocycles. The minimum absolute atomic E-state index is 0.209. The largest absolute Gasteiger partial charge is 0.377 e. The number of amides is 1. The van der Waals surface area contributed by atoms with E-state index in [4.69, 9.17) is 10.6 Å². The molecule has 0 unspecified atom stereocenters. The zero-order chi connectivity index (χ0) is 10.4. The third-order valence-electron chi connectivity index (χ3n) is 1.20. The number of nitrogens with two attached hydrogens (primary N) is 1. The van der Waals surface area contributed by atoms with Crippen LogP contribution >= 0.6 is 11.3 Å². The van der Waals surface area contributed by atoms with E-state index in [9.17, 15) is 4.79 Å². The summed E-state index contributed by atoms with van der Waals surface area (Å²) in [6.45, 7) is 0.167. The summed E-state index contributed by atoms with van der Waals surface area (Å²) >= 11 is 1.24. The van der Waals surface area contributed by atoms with Crippen LogP contribution in [0.4, 0.5) is 5.13 Å². The van der Waals surface area contributed by atoms with Crippen LogP contribution in [0.25, 0.3) is 0 Å². The van der Waals surface area contributed by atoms with Crippen LogP contribution in [0.3, 0.4) is 0 Å². The number of hydrogen-bond donors (Lipinski definition) is 2. The molecule has 0 aliphatic rings. The Morgan fingerprint density at radius 2 is 2.43 bits per heavy atom. The fourth-order valence-electron chi connectivity index (χ4n) is 0.717. The molecule has 1 rings (SSSR count). The second kappa shape index (κ2) is 5.60. The Balaban J connectivity index is 2.46. The summed E-state index contributed by atoms with van der Waals surface area (Å²) in [5.74, 6) is 4.35. The molecule has 7 nitrogen and oxygen atoms in total. The summed E-state index contributed by atoms with van der Waals surface area (Å²) in [4.78, 5) is 15.1. The van der Waals surface area contributed by atoms with Gasteiger partial charge in [0.25, 0.3) is 5.91 Å². The minimum Gasteiger partial charge on any atom is -0.377 e. The van der Waals surface area contributed by atoms with E-state index < -0.39 is 0 Å². The van der Waals surface area contributed by atoms with E-state index in [1.165, 1.54) is 11.3 Å². The molecule has 0 bridgehead atoms. The van der Waals surface area contributed by atoms with Gasteiger partial charge in [-0.05, 0) is 0 Å². The number of rotatable bonds is 5. The molecule has 1 aromatic heterocycles. The molecule has 3 N–H and O–H groups in total. The zero-order valence-corrected chi connectivity index (χ0v) is 8.34. The predicted octanol–water partition coefficient (Wildman–Crippen LogP) is -0.487. The molecule has 8 heteroatoms. The van der Waals surface area contributed by atoms with Crippen LogP contribution in [0.1, 0.15) is 5.01 Å². The second-order valence-corrected chi connectivity index (χ2v) is 3.36. The molecule has 0 saturated carbocycles. The van der Waals surface area contributed by atoms with Gasteiger partial charge in [0.1, 0.15) is 18.2 Å². The molecule has 0 spiro atoms. The first kappa shape index (κ1) is 11.0. The number of carbonyl (C=O) groups excluding carboxylic acids is 1. The molecular formula is C6H10N4O3S. The number of carbonyl (C=O) groups is 1. The summed E-state index contributed by atoms with van der Waals surface area (Å²) in [7, 11) is 1.56. The van der Waals surface area contributed by atoms with Gasteiger partial charge in [0, 0.05) is 7.11 Å². The van der Waals surface area contributed by atoms with Crippen molar-refractivity contribution in [1.82, 2.24) is 10.2 Å². The quantitative estimate of drug-likeness (QED) is 0.647. The third-order valence-corrected chi connectivity index (χ3v) is 2.01. The number of anilines is 1. The summed E-state index contributed by atoms with van der Waals surface area (Å²) in [5, 5.41) is 11.1. The molecule has 0 aromatic carbocycles. The number of ether oxygens (including phenoxy) is 1. The predicted molar refractivity (Wildman–Crippen MR) is 49.4 cm³/mol. The maximum absolute atomic E-state index is 11.0. The average molecular weight is 218 g/mol. The van der Waals surface area contributed by atoms with E-state index in [1.807, 2.05) is 0 Å². The van der Waals surface area contributed by atoms with Crippen molar-refractivity contribution in [3.63, 3.8) is 0 Å². The fraction of sp³-hybridized carbons (Fsp3) is 0.500. The third kappa shape index (κ3) is 3.34. The van der Waals surface area contributed by atoms with Crippen molar-refractivity contribution >= 4 is 22.4 Å². The molecule has 1 amide bonds. The Morgan fingerprint density at radius 3 is 3.07 bits per heavy atom. The number of aromatic nitrogens is 2. The molecule has 1 heterocycles. The molecule has 0 aliphatic carbocycles. The topological polar surface area (TPSA) is 99.4 Å².